The van der Waals surface area contributed by atoms with Crippen molar-refractivity contribution in [1.29, 1.82) is 0 Å². The summed E-state index contributed by atoms with van der Waals surface area (Å²) in [6, 6.07) is 8.49. The molecule has 1 atom stereocenters. The van der Waals surface area contributed by atoms with Crippen LogP contribution in [0.3, 0.4) is 0 Å². The van der Waals surface area contributed by atoms with Crippen molar-refractivity contribution in [3.05, 3.63) is 35.4 Å². The largest absolute Gasteiger partial charge is 0.379 e. The molecule has 0 saturated carbocycles. The topological polar surface area (TPSA) is 36.0 Å². The molecule has 1 aromatic rings. The SMILES string of the molecule is Cc1ccccc1[C@H](C(=O)N1CC(N2CCOCC2)C1)N(C)C. The van der Waals surface area contributed by atoms with Gasteiger partial charge in [-0.15, -0.1) is 0 Å². The molecule has 23 heavy (non-hydrogen) atoms. The molecule has 2 saturated heterocycles. The van der Waals surface area contributed by atoms with E-state index in [0.29, 0.717) is 6.04 Å². The minimum atomic E-state index is -0.193. The predicted molar refractivity (Wildman–Crippen MR) is 90.4 cm³/mol. The average Bonchev–Trinajstić information content (AvgIpc) is 2.49. The number of carbonyl (C=O) groups excluding carboxylic acids is 1. The Morgan fingerprint density at radius 2 is 1.87 bits per heavy atom. The van der Waals surface area contributed by atoms with Crippen LogP contribution in [0.1, 0.15) is 17.2 Å². The number of likely N-dealkylation sites (tertiary alicyclic amines) is 1. The van der Waals surface area contributed by atoms with Gasteiger partial charge in [0.05, 0.1) is 13.2 Å². The molecule has 1 aromatic carbocycles. The third-order valence-electron chi connectivity index (χ3n) is 4.97. The lowest BCUT2D eigenvalue weighted by atomic mass is 9.97. The van der Waals surface area contributed by atoms with Gasteiger partial charge in [0.25, 0.3) is 0 Å². The summed E-state index contributed by atoms with van der Waals surface area (Å²) in [6.07, 6.45) is 0. The first kappa shape index (κ1) is 16.4. The van der Waals surface area contributed by atoms with E-state index in [1.807, 2.05) is 36.0 Å². The number of morpholine rings is 1. The van der Waals surface area contributed by atoms with Gasteiger partial charge in [0.15, 0.2) is 0 Å². The number of hydrogen-bond donors (Lipinski definition) is 0. The highest BCUT2D eigenvalue weighted by Crippen LogP contribution is 2.27. The maximum atomic E-state index is 13.0. The quantitative estimate of drug-likeness (QED) is 0.834. The summed E-state index contributed by atoms with van der Waals surface area (Å²) in [5, 5.41) is 0. The molecule has 0 bridgehead atoms. The summed E-state index contributed by atoms with van der Waals surface area (Å²) in [7, 11) is 3.96. The van der Waals surface area contributed by atoms with E-state index in [-0.39, 0.29) is 11.9 Å². The van der Waals surface area contributed by atoms with Crippen LogP contribution in [0.4, 0.5) is 0 Å². The Hall–Kier alpha value is -1.43. The van der Waals surface area contributed by atoms with Crippen molar-refractivity contribution in [2.75, 3.05) is 53.5 Å². The van der Waals surface area contributed by atoms with Gasteiger partial charge >= 0.3 is 0 Å². The molecule has 2 heterocycles. The van der Waals surface area contributed by atoms with Crippen molar-refractivity contribution < 1.29 is 9.53 Å². The second-order valence-electron chi connectivity index (χ2n) is 6.77. The lowest BCUT2D eigenvalue weighted by Gasteiger charge is -2.48. The standard InChI is InChI=1S/C18H27N3O2/c1-14-6-4-5-7-16(14)17(19(2)3)18(22)21-12-15(13-21)20-8-10-23-11-9-20/h4-7,15,17H,8-13H2,1-3H3/t17-/m1/s1. The van der Waals surface area contributed by atoms with Crippen LogP contribution in [0.2, 0.25) is 0 Å². The summed E-state index contributed by atoms with van der Waals surface area (Å²) in [6.45, 7) is 7.36. The van der Waals surface area contributed by atoms with Gasteiger partial charge in [-0.25, -0.2) is 0 Å². The maximum absolute atomic E-state index is 13.0. The second kappa shape index (κ2) is 6.99. The summed E-state index contributed by atoms with van der Waals surface area (Å²) < 4.78 is 5.40. The summed E-state index contributed by atoms with van der Waals surface area (Å²) in [4.78, 5) is 19.5. The Balaban J connectivity index is 1.65. The summed E-state index contributed by atoms with van der Waals surface area (Å²) >= 11 is 0. The van der Waals surface area contributed by atoms with Crippen LogP contribution in [0.15, 0.2) is 24.3 Å². The van der Waals surface area contributed by atoms with Gasteiger partial charge in [-0.3, -0.25) is 14.6 Å². The molecule has 3 rings (SSSR count). The summed E-state index contributed by atoms with van der Waals surface area (Å²) in [5.74, 6) is 0.216. The van der Waals surface area contributed by atoms with Crippen LogP contribution in [0, 0.1) is 6.92 Å². The average molecular weight is 317 g/mol. The molecule has 2 aliphatic rings. The number of rotatable bonds is 4. The van der Waals surface area contributed by atoms with E-state index in [1.54, 1.807) is 0 Å². The molecule has 1 amide bonds. The first-order chi connectivity index (χ1) is 11.1. The minimum Gasteiger partial charge on any atom is -0.379 e. The van der Waals surface area contributed by atoms with Gasteiger partial charge in [-0.1, -0.05) is 24.3 Å². The molecule has 0 aliphatic carbocycles. The van der Waals surface area contributed by atoms with Crippen molar-refractivity contribution in [3.63, 3.8) is 0 Å². The highest BCUT2D eigenvalue weighted by atomic mass is 16.5. The number of carbonyl (C=O) groups is 1. The smallest absolute Gasteiger partial charge is 0.244 e. The molecule has 5 nitrogen and oxygen atoms in total. The van der Waals surface area contributed by atoms with Gasteiger partial charge in [-0.2, -0.15) is 0 Å². The second-order valence-corrected chi connectivity index (χ2v) is 6.77. The Kier molecular flexibility index (Phi) is 4.99. The van der Waals surface area contributed by atoms with Gasteiger partial charge < -0.3 is 9.64 Å². The first-order valence-electron chi connectivity index (χ1n) is 8.40. The molecular formula is C18H27N3O2. The number of likely N-dealkylation sites (N-methyl/N-ethyl adjacent to an activating group) is 1. The number of aryl methyl sites for hydroxylation is 1. The van der Waals surface area contributed by atoms with Crippen LogP contribution in [-0.2, 0) is 9.53 Å². The zero-order chi connectivity index (χ0) is 16.4. The van der Waals surface area contributed by atoms with Gasteiger partial charge in [0.2, 0.25) is 5.91 Å². The Labute approximate surface area is 138 Å². The highest BCUT2D eigenvalue weighted by molar-refractivity contribution is 5.84. The molecule has 2 fully saturated rings. The Morgan fingerprint density at radius 1 is 1.22 bits per heavy atom. The number of hydrogen-bond acceptors (Lipinski definition) is 4. The third-order valence-corrected chi connectivity index (χ3v) is 4.97. The molecule has 2 aliphatic heterocycles. The van der Waals surface area contributed by atoms with Gasteiger partial charge in [0.1, 0.15) is 6.04 Å². The number of nitrogens with zero attached hydrogens (tertiary/aromatic N) is 3. The first-order valence-corrected chi connectivity index (χ1v) is 8.40. The molecule has 0 N–H and O–H groups in total. The zero-order valence-corrected chi connectivity index (χ0v) is 14.4. The van der Waals surface area contributed by atoms with Crippen LogP contribution in [0.25, 0.3) is 0 Å². The van der Waals surface area contributed by atoms with Crippen molar-refractivity contribution in [2.24, 2.45) is 0 Å². The van der Waals surface area contributed by atoms with E-state index in [4.69, 9.17) is 4.74 Å². The van der Waals surface area contributed by atoms with E-state index < -0.39 is 0 Å². The molecule has 0 radical (unpaired) electrons. The number of benzene rings is 1. The fraction of sp³-hybridized carbons (Fsp3) is 0.611. The van der Waals surface area contributed by atoms with Crippen molar-refractivity contribution in [1.82, 2.24) is 14.7 Å². The lowest BCUT2D eigenvalue weighted by molar-refractivity contribution is -0.145. The number of ether oxygens (including phenoxy) is 1. The Morgan fingerprint density at radius 3 is 2.48 bits per heavy atom. The minimum absolute atomic E-state index is 0.193. The molecule has 126 valence electrons. The van der Waals surface area contributed by atoms with Crippen molar-refractivity contribution in [2.45, 2.75) is 19.0 Å². The van der Waals surface area contributed by atoms with Crippen LogP contribution >= 0.6 is 0 Å². The van der Waals surface area contributed by atoms with E-state index in [0.717, 1.165) is 45.0 Å². The van der Waals surface area contributed by atoms with Gasteiger partial charge in [-0.05, 0) is 32.1 Å². The lowest BCUT2D eigenvalue weighted by Crippen LogP contribution is -2.64. The monoisotopic (exact) mass is 317 g/mol. The Bertz CT molecular complexity index is 549. The normalized spacial score (nSPS) is 21.3. The van der Waals surface area contributed by atoms with Crippen LogP contribution in [0.5, 0.6) is 0 Å². The summed E-state index contributed by atoms with van der Waals surface area (Å²) in [5.41, 5.74) is 2.28. The van der Waals surface area contributed by atoms with Crippen LogP contribution < -0.4 is 0 Å². The van der Waals surface area contributed by atoms with E-state index in [2.05, 4.69) is 24.0 Å². The van der Waals surface area contributed by atoms with E-state index >= 15 is 0 Å². The van der Waals surface area contributed by atoms with Gasteiger partial charge in [0, 0.05) is 32.2 Å². The van der Waals surface area contributed by atoms with Crippen molar-refractivity contribution in [3.8, 4) is 0 Å². The fourth-order valence-corrected chi connectivity index (χ4v) is 3.51. The number of amides is 1. The maximum Gasteiger partial charge on any atom is 0.244 e. The molecule has 5 heteroatoms. The zero-order valence-electron chi connectivity index (χ0n) is 14.4. The molecular weight excluding hydrogens is 290 g/mol. The highest BCUT2D eigenvalue weighted by Gasteiger charge is 2.39. The molecule has 0 unspecified atom stereocenters. The van der Waals surface area contributed by atoms with Crippen LogP contribution in [-0.4, -0.2) is 80.1 Å². The van der Waals surface area contributed by atoms with E-state index in [1.165, 1.54) is 5.56 Å². The van der Waals surface area contributed by atoms with E-state index in [9.17, 15) is 4.79 Å². The molecule has 0 spiro atoms. The van der Waals surface area contributed by atoms with Crippen molar-refractivity contribution >= 4 is 5.91 Å². The molecule has 0 aromatic heterocycles. The fourth-order valence-electron chi connectivity index (χ4n) is 3.51. The third kappa shape index (κ3) is 3.42. The predicted octanol–water partition coefficient (Wildman–Crippen LogP) is 1.14.